The van der Waals surface area contributed by atoms with Crippen LogP contribution in [-0.4, -0.2) is 18.2 Å². The van der Waals surface area contributed by atoms with Crippen LogP contribution in [0.15, 0.2) is 57.9 Å². The first-order valence-electron chi connectivity index (χ1n) is 7.83. The molecule has 3 rings (SSSR count). The van der Waals surface area contributed by atoms with Gasteiger partial charge in [-0.2, -0.15) is 5.10 Å². The fraction of sp³-hybridized carbons (Fsp3) is 0.167. The van der Waals surface area contributed by atoms with Gasteiger partial charge in [-0.25, -0.2) is 8.42 Å². The molecule has 26 heavy (non-hydrogen) atoms. The molecule has 136 valence electrons. The zero-order chi connectivity index (χ0) is 18.9. The van der Waals surface area contributed by atoms with Crippen LogP contribution in [-0.2, 0) is 16.6 Å². The molecule has 0 bridgehead atoms. The second-order valence-electron chi connectivity index (χ2n) is 5.89. The van der Waals surface area contributed by atoms with Crippen molar-refractivity contribution in [3.63, 3.8) is 0 Å². The predicted octanol–water partition coefficient (Wildman–Crippen LogP) is 4.76. The lowest BCUT2D eigenvalue weighted by Gasteiger charge is -2.09. The molecule has 0 atom stereocenters. The third-order valence-electron chi connectivity index (χ3n) is 3.99. The summed E-state index contributed by atoms with van der Waals surface area (Å²) in [5, 5.41) is 5.14. The summed E-state index contributed by atoms with van der Waals surface area (Å²) in [4.78, 5) is 0.199. The molecular weight excluding hydrogens is 438 g/mol. The Morgan fingerprint density at radius 2 is 1.69 bits per heavy atom. The lowest BCUT2D eigenvalue weighted by atomic mass is 10.2. The molecular formula is C18H17BrClN3O2S. The Labute approximate surface area is 166 Å². The number of halogens is 2. The number of nitrogens with zero attached hydrogens (tertiary/aromatic N) is 2. The number of aryl methyl sites for hydroxylation is 1. The Kier molecular flexibility index (Phi) is 5.41. The highest BCUT2D eigenvalue weighted by molar-refractivity contribution is 9.10. The van der Waals surface area contributed by atoms with Crippen molar-refractivity contribution in [3.8, 4) is 0 Å². The van der Waals surface area contributed by atoms with Crippen LogP contribution in [0.5, 0.6) is 0 Å². The van der Waals surface area contributed by atoms with Gasteiger partial charge < -0.3 is 0 Å². The third-order valence-corrected chi connectivity index (χ3v) is 6.13. The molecule has 0 saturated heterocycles. The molecule has 5 nitrogen and oxygen atoms in total. The van der Waals surface area contributed by atoms with E-state index in [0.29, 0.717) is 22.9 Å². The standard InChI is InChI=1S/C18H17BrClN3O2S/c1-12-18(22-26(24,25)17-9-5-15(19)6-10-17)13(2)23(21-12)11-14-3-7-16(20)8-4-14/h3-10,22H,11H2,1-2H3. The molecule has 2 aromatic carbocycles. The number of hydrogen-bond donors (Lipinski definition) is 1. The number of hydrogen-bond acceptors (Lipinski definition) is 3. The average molecular weight is 455 g/mol. The van der Waals surface area contributed by atoms with Gasteiger partial charge in [-0.1, -0.05) is 39.7 Å². The van der Waals surface area contributed by atoms with E-state index in [1.165, 1.54) is 0 Å². The van der Waals surface area contributed by atoms with Crippen molar-refractivity contribution in [1.82, 2.24) is 9.78 Å². The number of nitrogens with one attached hydrogen (secondary N) is 1. The Bertz CT molecular complexity index is 1030. The Morgan fingerprint density at radius 3 is 2.31 bits per heavy atom. The van der Waals surface area contributed by atoms with Gasteiger partial charge in [0, 0.05) is 9.50 Å². The van der Waals surface area contributed by atoms with Crippen LogP contribution in [0.1, 0.15) is 17.0 Å². The topological polar surface area (TPSA) is 64.0 Å². The minimum absolute atomic E-state index is 0.199. The quantitative estimate of drug-likeness (QED) is 0.604. The van der Waals surface area contributed by atoms with Crippen LogP contribution in [0.2, 0.25) is 5.02 Å². The van der Waals surface area contributed by atoms with E-state index in [-0.39, 0.29) is 4.90 Å². The maximum absolute atomic E-state index is 12.6. The van der Waals surface area contributed by atoms with Crippen molar-refractivity contribution in [2.75, 3.05) is 4.72 Å². The summed E-state index contributed by atoms with van der Waals surface area (Å²) in [5.74, 6) is 0. The maximum atomic E-state index is 12.6. The van der Waals surface area contributed by atoms with Gasteiger partial charge in [0.1, 0.15) is 0 Å². The van der Waals surface area contributed by atoms with Gasteiger partial charge in [0.25, 0.3) is 10.0 Å². The minimum Gasteiger partial charge on any atom is -0.276 e. The third kappa shape index (κ3) is 4.11. The second kappa shape index (κ2) is 7.42. The highest BCUT2D eigenvalue weighted by Gasteiger charge is 2.20. The Morgan fingerprint density at radius 1 is 1.08 bits per heavy atom. The van der Waals surface area contributed by atoms with Crippen LogP contribution in [0.4, 0.5) is 5.69 Å². The predicted molar refractivity (Wildman–Crippen MR) is 107 cm³/mol. The first-order chi connectivity index (χ1) is 12.3. The molecule has 1 heterocycles. The van der Waals surface area contributed by atoms with E-state index >= 15 is 0 Å². The SMILES string of the molecule is Cc1nn(Cc2ccc(Cl)cc2)c(C)c1NS(=O)(=O)c1ccc(Br)cc1. The summed E-state index contributed by atoms with van der Waals surface area (Å²) in [6.07, 6.45) is 0. The Hall–Kier alpha value is -1.83. The summed E-state index contributed by atoms with van der Waals surface area (Å²) in [7, 11) is -3.68. The fourth-order valence-electron chi connectivity index (χ4n) is 2.57. The number of anilines is 1. The van der Waals surface area contributed by atoms with Crippen molar-refractivity contribution in [2.24, 2.45) is 0 Å². The molecule has 0 amide bonds. The summed E-state index contributed by atoms with van der Waals surface area (Å²) in [6, 6.07) is 14.0. The zero-order valence-corrected chi connectivity index (χ0v) is 17.4. The average Bonchev–Trinajstić information content (AvgIpc) is 2.84. The van der Waals surface area contributed by atoms with Crippen molar-refractivity contribution >= 4 is 43.2 Å². The van der Waals surface area contributed by atoms with Gasteiger partial charge in [-0.15, -0.1) is 0 Å². The molecule has 0 aliphatic rings. The lowest BCUT2D eigenvalue weighted by molar-refractivity contribution is 0.601. The molecule has 0 fully saturated rings. The molecule has 8 heteroatoms. The van der Waals surface area contributed by atoms with Crippen LogP contribution in [0.25, 0.3) is 0 Å². The van der Waals surface area contributed by atoms with E-state index in [9.17, 15) is 8.42 Å². The molecule has 0 spiro atoms. The smallest absolute Gasteiger partial charge is 0.262 e. The molecule has 0 unspecified atom stereocenters. The first-order valence-corrected chi connectivity index (χ1v) is 10.5. The van der Waals surface area contributed by atoms with Crippen molar-refractivity contribution in [2.45, 2.75) is 25.3 Å². The van der Waals surface area contributed by atoms with E-state index in [1.807, 2.05) is 31.2 Å². The fourth-order valence-corrected chi connectivity index (χ4v) is 4.14. The maximum Gasteiger partial charge on any atom is 0.262 e. The lowest BCUT2D eigenvalue weighted by Crippen LogP contribution is -2.14. The van der Waals surface area contributed by atoms with Crippen LogP contribution in [0, 0.1) is 13.8 Å². The van der Waals surface area contributed by atoms with E-state index in [2.05, 4.69) is 25.8 Å². The van der Waals surface area contributed by atoms with Gasteiger partial charge in [0.2, 0.25) is 0 Å². The number of benzene rings is 2. The van der Waals surface area contributed by atoms with E-state index < -0.39 is 10.0 Å². The van der Waals surface area contributed by atoms with Gasteiger partial charge >= 0.3 is 0 Å². The van der Waals surface area contributed by atoms with E-state index in [1.54, 1.807) is 35.9 Å². The molecule has 0 aliphatic carbocycles. The molecule has 1 N–H and O–H groups in total. The molecule has 1 aromatic heterocycles. The van der Waals surface area contributed by atoms with E-state index in [4.69, 9.17) is 11.6 Å². The monoisotopic (exact) mass is 453 g/mol. The molecule has 3 aromatic rings. The van der Waals surface area contributed by atoms with E-state index in [0.717, 1.165) is 15.7 Å². The number of aromatic nitrogens is 2. The van der Waals surface area contributed by atoms with Gasteiger partial charge in [0.05, 0.1) is 28.5 Å². The van der Waals surface area contributed by atoms with Crippen LogP contribution >= 0.6 is 27.5 Å². The van der Waals surface area contributed by atoms with Crippen molar-refractivity contribution < 1.29 is 8.42 Å². The first kappa shape index (κ1) is 18.9. The highest BCUT2D eigenvalue weighted by atomic mass is 79.9. The summed E-state index contributed by atoms with van der Waals surface area (Å²) in [6.45, 7) is 4.16. The van der Waals surface area contributed by atoms with Crippen molar-refractivity contribution in [1.29, 1.82) is 0 Å². The van der Waals surface area contributed by atoms with Gasteiger partial charge in [0.15, 0.2) is 0 Å². The van der Waals surface area contributed by atoms with Crippen LogP contribution in [0.3, 0.4) is 0 Å². The molecule has 0 aliphatic heterocycles. The number of sulfonamides is 1. The van der Waals surface area contributed by atoms with Crippen LogP contribution < -0.4 is 4.72 Å². The summed E-state index contributed by atoms with van der Waals surface area (Å²) >= 11 is 9.22. The van der Waals surface area contributed by atoms with Gasteiger partial charge in [-0.3, -0.25) is 9.40 Å². The van der Waals surface area contributed by atoms with Gasteiger partial charge in [-0.05, 0) is 55.8 Å². The molecule has 0 saturated carbocycles. The largest absolute Gasteiger partial charge is 0.276 e. The summed E-state index contributed by atoms with van der Waals surface area (Å²) < 4.78 is 30.5. The second-order valence-corrected chi connectivity index (χ2v) is 8.92. The number of rotatable bonds is 5. The summed E-state index contributed by atoms with van der Waals surface area (Å²) in [5.41, 5.74) is 2.90. The normalized spacial score (nSPS) is 11.5. The minimum atomic E-state index is -3.68. The Balaban J connectivity index is 1.88. The zero-order valence-electron chi connectivity index (χ0n) is 14.2. The van der Waals surface area contributed by atoms with Crippen molar-refractivity contribution in [3.05, 3.63) is 75.0 Å². The highest BCUT2D eigenvalue weighted by Crippen LogP contribution is 2.25. The molecule has 0 radical (unpaired) electrons.